The predicted octanol–water partition coefficient (Wildman–Crippen LogP) is 4.53. The van der Waals surface area contributed by atoms with Crippen LogP contribution in [0.3, 0.4) is 0 Å². The highest BCUT2D eigenvalue weighted by Gasteiger charge is 2.13. The number of amides is 1. The Bertz CT molecular complexity index is 1230. The molecule has 162 valence electrons. The van der Waals surface area contributed by atoms with Gasteiger partial charge in [-0.3, -0.25) is 4.79 Å². The standard InChI is InChI=1S/C23H22N6OS2/c1-2-12-29-21(15-24-20-11-5-8-17-7-3-4-10-19(17)20)26-28-23(29)32-16-22(30)27-25-14-18-9-6-13-31-18/h2-11,13-14,24H,1,12,15-16H2,(H,27,30). The van der Waals surface area contributed by atoms with Crippen LogP contribution in [-0.4, -0.2) is 32.6 Å². The zero-order valence-electron chi connectivity index (χ0n) is 17.3. The van der Waals surface area contributed by atoms with Crippen molar-refractivity contribution < 1.29 is 4.79 Å². The Hall–Kier alpha value is -3.43. The van der Waals surface area contributed by atoms with Crippen molar-refractivity contribution in [3.63, 3.8) is 0 Å². The Morgan fingerprint density at radius 2 is 2.03 bits per heavy atom. The maximum atomic E-state index is 12.1. The number of thiophene rings is 1. The van der Waals surface area contributed by atoms with Gasteiger partial charge in [-0.1, -0.05) is 60.3 Å². The Morgan fingerprint density at radius 3 is 2.88 bits per heavy atom. The molecule has 0 saturated carbocycles. The summed E-state index contributed by atoms with van der Waals surface area (Å²) in [5.41, 5.74) is 3.58. The van der Waals surface area contributed by atoms with Crippen LogP contribution in [0.1, 0.15) is 10.7 Å². The molecule has 0 aliphatic carbocycles. The molecule has 4 aromatic rings. The summed E-state index contributed by atoms with van der Waals surface area (Å²) < 4.78 is 1.96. The summed E-state index contributed by atoms with van der Waals surface area (Å²) in [5.74, 6) is 0.760. The summed E-state index contributed by atoms with van der Waals surface area (Å²) in [6.07, 6.45) is 3.42. The van der Waals surface area contributed by atoms with Gasteiger partial charge < -0.3 is 9.88 Å². The Kier molecular flexibility index (Phi) is 7.31. The summed E-state index contributed by atoms with van der Waals surface area (Å²) in [6.45, 7) is 4.90. The molecule has 2 N–H and O–H groups in total. The third kappa shape index (κ3) is 5.43. The Balaban J connectivity index is 1.38. The molecule has 2 aromatic carbocycles. The summed E-state index contributed by atoms with van der Waals surface area (Å²) in [7, 11) is 0. The van der Waals surface area contributed by atoms with Gasteiger partial charge in [-0.25, -0.2) is 5.43 Å². The fourth-order valence-corrected chi connectivity index (χ4v) is 4.46. The minimum absolute atomic E-state index is 0.188. The van der Waals surface area contributed by atoms with Crippen LogP contribution in [0.2, 0.25) is 0 Å². The first-order valence-electron chi connectivity index (χ1n) is 9.97. The monoisotopic (exact) mass is 462 g/mol. The minimum Gasteiger partial charge on any atom is -0.377 e. The topological polar surface area (TPSA) is 84.2 Å². The van der Waals surface area contributed by atoms with Crippen LogP contribution in [0, 0.1) is 0 Å². The smallest absolute Gasteiger partial charge is 0.250 e. The van der Waals surface area contributed by atoms with Crippen molar-refractivity contribution in [3.8, 4) is 0 Å². The van der Waals surface area contributed by atoms with Gasteiger partial charge in [-0.15, -0.1) is 28.1 Å². The van der Waals surface area contributed by atoms with Gasteiger partial charge >= 0.3 is 0 Å². The fourth-order valence-electron chi connectivity index (χ4n) is 3.12. The van der Waals surface area contributed by atoms with Gasteiger partial charge in [0.25, 0.3) is 5.91 Å². The molecule has 0 saturated heterocycles. The first kappa shape index (κ1) is 21.8. The minimum atomic E-state index is -0.202. The maximum absolute atomic E-state index is 12.1. The van der Waals surface area contributed by atoms with Gasteiger partial charge in [0.2, 0.25) is 0 Å². The number of rotatable bonds is 10. The highest BCUT2D eigenvalue weighted by molar-refractivity contribution is 7.99. The van der Waals surface area contributed by atoms with E-state index < -0.39 is 0 Å². The SMILES string of the molecule is C=CCn1c(CNc2cccc3ccccc23)nnc1SCC(=O)NN=Cc1cccs1. The summed E-state index contributed by atoms with van der Waals surface area (Å²) in [6, 6.07) is 18.3. The van der Waals surface area contributed by atoms with E-state index in [2.05, 4.69) is 50.8 Å². The predicted molar refractivity (Wildman–Crippen MR) is 132 cm³/mol. The summed E-state index contributed by atoms with van der Waals surface area (Å²) in [5, 5.41) is 21.0. The maximum Gasteiger partial charge on any atom is 0.250 e. The quantitative estimate of drug-likeness (QED) is 0.157. The second kappa shape index (κ2) is 10.7. The van der Waals surface area contributed by atoms with E-state index in [-0.39, 0.29) is 11.7 Å². The molecule has 0 aliphatic rings. The summed E-state index contributed by atoms with van der Waals surface area (Å²) in [4.78, 5) is 13.1. The largest absolute Gasteiger partial charge is 0.377 e. The van der Waals surface area contributed by atoms with Crippen molar-refractivity contribution in [1.82, 2.24) is 20.2 Å². The van der Waals surface area contributed by atoms with Gasteiger partial charge in [0.1, 0.15) is 0 Å². The molecule has 0 fully saturated rings. The molecular weight excluding hydrogens is 440 g/mol. The van der Waals surface area contributed by atoms with Crippen LogP contribution >= 0.6 is 23.1 Å². The second-order valence-corrected chi connectivity index (χ2v) is 8.70. The molecule has 4 rings (SSSR count). The number of nitrogens with one attached hydrogen (secondary N) is 2. The van der Waals surface area contributed by atoms with E-state index in [0.717, 1.165) is 21.8 Å². The van der Waals surface area contributed by atoms with Gasteiger partial charge in [0.15, 0.2) is 11.0 Å². The Morgan fingerprint density at radius 1 is 1.16 bits per heavy atom. The van der Waals surface area contributed by atoms with Crippen molar-refractivity contribution in [1.29, 1.82) is 0 Å². The number of aromatic nitrogens is 3. The number of carbonyl (C=O) groups is 1. The van der Waals surface area contributed by atoms with Crippen LogP contribution in [0.15, 0.2) is 82.9 Å². The van der Waals surface area contributed by atoms with E-state index in [4.69, 9.17) is 0 Å². The van der Waals surface area contributed by atoms with E-state index in [0.29, 0.717) is 18.2 Å². The van der Waals surface area contributed by atoms with Gasteiger partial charge in [-0.05, 0) is 22.9 Å². The van der Waals surface area contributed by atoms with E-state index in [9.17, 15) is 4.79 Å². The molecule has 1 amide bonds. The van der Waals surface area contributed by atoms with Gasteiger partial charge in [-0.2, -0.15) is 5.10 Å². The van der Waals surface area contributed by atoms with E-state index in [1.807, 2.05) is 46.3 Å². The van der Waals surface area contributed by atoms with Crippen LogP contribution in [0.4, 0.5) is 5.69 Å². The lowest BCUT2D eigenvalue weighted by Gasteiger charge is -2.11. The first-order valence-corrected chi connectivity index (χ1v) is 11.8. The number of thioether (sulfide) groups is 1. The molecule has 0 atom stereocenters. The lowest BCUT2D eigenvalue weighted by molar-refractivity contribution is -0.118. The van der Waals surface area contributed by atoms with E-state index >= 15 is 0 Å². The average Bonchev–Trinajstić information content (AvgIpc) is 3.47. The third-order valence-electron chi connectivity index (χ3n) is 4.59. The zero-order valence-corrected chi connectivity index (χ0v) is 18.9. The number of hydrazone groups is 1. The zero-order chi connectivity index (χ0) is 22.2. The number of fused-ring (bicyclic) bond motifs is 1. The van der Waals surface area contributed by atoms with Gasteiger partial charge in [0, 0.05) is 22.5 Å². The van der Waals surface area contributed by atoms with Crippen LogP contribution in [-0.2, 0) is 17.9 Å². The second-order valence-electron chi connectivity index (χ2n) is 6.78. The number of carbonyl (C=O) groups excluding carboxylic acids is 1. The number of hydrogen-bond acceptors (Lipinski definition) is 7. The van der Waals surface area contributed by atoms with Crippen LogP contribution in [0.5, 0.6) is 0 Å². The van der Waals surface area contributed by atoms with Crippen molar-refractivity contribution in [2.75, 3.05) is 11.1 Å². The van der Waals surface area contributed by atoms with Crippen LogP contribution in [0.25, 0.3) is 10.8 Å². The molecule has 9 heteroatoms. The van der Waals surface area contributed by atoms with Crippen molar-refractivity contribution in [3.05, 3.63) is 83.3 Å². The Labute approximate surface area is 194 Å². The number of hydrogen-bond donors (Lipinski definition) is 2. The highest BCUT2D eigenvalue weighted by Crippen LogP contribution is 2.24. The van der Waals surface area contributed by atoms with Crippen molar-refractivity contribution >= 4 is 51.7 Å². The van der Waals surface area contributed by atoms with Gasteiger partial charge in [0.05, 0.1) is 18.5 Å². The molecule has 7 nitrogen and oxygen atoms in total. The molecule has 0 bridgehead atoms. The molecule has 0 spiro atoms. The number of allylic oxidation sites excluding steroid dienone is 1. The van der Waals surface area contributed by atoms with Crippen LogP contribution < -0.4 is 10.7 Å². The lowest BCUT2D eigenvalue weighted by Crippen LogP contribution is -2.20. The molecule has 2 aromatic heterocycles. The third-order valence-corrected chi connectivity index (χ3v) is 6.36. The van der Waals surface area contributed by atoms with Crippen molar-refractivity contribution in [2.24, 2.45) is 5.10 Å². The molecule has 32 heavy (non-hydrogen) atoms. The van der Waals surface area contributed by atoms with Crippen molar-refractivity contribution in [2.45, 2.75) is 18.2 Å². The fraction of sp³-hybridized carbons (Fsp3) is 0.130. The van der Waals surface area contributed by atoms with E-state index in [1.54, 1.807) is 23.6 Å². The molecular formula is C23H22N6OS2. The summed E-state index contributed by atoms with van der Waals surface area (Å²) >= 11 is 2.87. The average molecular weight is 463 g/mol. The molecule has 0 unspecified atom stereocenters. The highest BCUT2D eigenvalue weighted by atomic mass is 32.2. The first-order chi connectivity index (χ1) is 15.7. The normalized spacial score (nSPS) is 11.1. The number of benzene rings is 2. The lowest BCUT2D eigenvalue weighted by atomic mass is 10.1. The number of nitrogens with zero attached hydrogens (tertiary/aromatic N) is 4. The molecule has 0 radical (unpaired) electrons. The molecule has 0 aliphatic heterocycles. The van der Waals surface area contributed by atoms with E-state index in [1.165, 1.54) is 17.1 Å². The molecule has 2 heterocycles. The number of anilines is 1.